The molecule has 0 saturated carbocycles. The number of hydrogen-bond donors (Lipinski definition) is 2. The third kappa shape index (κ3) is 6.06. The van der Waals surface area contributed by atoms with Crippen LogP contribution in [0.2, 0.25) is 0 Å². The third-order valence-corrected chi connectivity index (χ3v) is 5.84. The molecule has 0 spiro atoms. The number of nitrogens with one attached hydrogen (secondary N) is 2. The summed E-state index contributed by atoms with van der Waals surface area (Å²) >= 11 is 6.72. The second-order valence-corrected chi connectivity index (χ2v) is 8.68. The fraction of sp³-hybridized carbons (Fsp3) is 0.167. The fourth-order valence-corrected chi connectivity index (χ4v) is 3.63. The molecule has 33 heavy (non-hydrogen) atoms. The first kappa shape index (κ1) is 24.6. The van der Waals surface area contributed by atoms with Crippen molar-refractivity contribution in [2.24, 2.45) is 0 Å². The van der Waals surface area contributed by atoms with E-state index in [2.05, 4.69) is 42.5 Å². The molecule has 0 fully saturated rings. The molecular formula is C24H22Br2N2O5. The Hall–Kier alpha value is -3.04. The number of amides is 2. The van der Waals surface area contributed by atoms with Gasteiger partial charge in [0, 0.05) is 25.6 Å². The van der Waals surface area contributed by atoms with E-state index in [-0.39, 0.29) is 11.8 Å². The first-order valence-corrected chi connectivity index (χ1v) is 11.4. The van der Waals surface area contributed by atoms with Gasteiger partial charge in [-0.05, 0) is 60.7 Å². The highest BCUT2D eigenvalue weighted by atomic mass is 79.9. The number of benzene rings is 3. The number of ether oxygens (including phenoxy) is 3. The Morgan fingerprint density at radius 3 is 1.42 bits per heavy atom. The van der Waals surface area contributed by atoms with Crippen molar-refractivity contribution >= 4 is 43.7 Å². The van der Waals surface area contributed by atoms with Crippen molar-refractivity contribution in [2.45, 2.75) is 6.17 Å². The topological polar surface area (TPSA) is 85.9 Å². The minimum atomic E-state index is -0.883. The van der Waals surface area contributed by atoms with Gasteiger partial charge in [0.25, 0.3) is 11.8 Å². The number of carbonyl (C=O) groups is 2. The zero-order valence-corrected chi connectivity index (χ0v) is 21.3. The zero-order chi connectivity index (χ0) is 24.0. The van der Waals surface area contributed by atoms with Gasteiger partial charge in [0.05, 0.1) is 21.3 Å². The number of carbonyl (C=O) groups excluding carboxylic acids is 2. The second-order valence-electron chi connectivity index (χ2n) is 6.85. The normalized spacial score (nSPS) is 10.5. The highest BCUT2D eigenvalue weighted by Gasteiger charge is 2.23. The Morgan fingerprint density at radius 2 is 1.09 bits per heavy atom. The van der Waals surface area contributed by atoms with Crippen LogP contribution in [0.3, 0.4) is 0 Å². The average molecular weight is 578 g/mol. The van der Waals surface area contributed by atoms with Crippen LogP contribution in [0.4, 0.5) is 0 Å². The quantitative estimate of drug-likeness (QED) is 0.364. The molecule has 0 unspecified atom stereocenters. The SMILES string of the molecule is COc1cc(C(NC(=O)c2ccc(Br)cc2)NC(=O)c2ccc(Br)cc2)cc(OC)c1OC. The smallest absolute Gasteiger partial charge is 0.253 e. The number of rotatable bonds is 8. The van der Waals surface area contributed by atoms with Crippen molar-refractivity contribution < 1.29 is 23.8 Å². The molecule has 3 aromatic carbocycles. The lowest BCUT2D eigenvalue weighted by atomic mass is 10.1. The van der Waals surface area contributed by atoms with E-state index in [1.165, 1.54) is 21.3 Å². The second kappa shape index (κ2) is 11.2. The maximum atomic E-state index is 13.0. The molecule has 0 aliphatic carbocycles. The summed E-state index contributed by atoms with van der Waals surface area (Å²) in [4.78, 5) is 25.9. The summed E-state index contributed by atoms with van der Waals surface area (Å²) in [5.41, 5.74) is 1.42. The molecule has 0 saturated heterocycles. The van der Waals surface area contributed by atoms with Gasteiger partial charge in [-0.2, -0.15) is 0 Å². The lowest BCUT2D eigenvalue weighted by Crippen LogP contribution is -2.41. The minimum absolute atomic E-state index is 0.364. The molecule has 172 valence electrons. The van der Waals surface area contributed by atoms with Crippen LogP contribution < -0.4 is 24.8 Å². The van der Waals surface area contributed by atoms with Crippen LogP contribution in [-0.2, 0) is 0 Å². The van der Waals surface area contributed by atoms with Crippen LogP contribution in [0.1, 0.15) is 32.4 Å². The number of halogens is 2. The molecule has 9 heteroatoms. The molecule has 0 radical (unpaired) electrons. The molecule has 0 atom stereocenters. The molecule has 0 heterocycles. The lowest BCUT2D eigenvalue weighted by Gasteiger charge is -2.23. The summed E-state index contributed by atoms with van der Waals surface area (Å²) in [5.74, 6) is 0.468. The van der Waals surface area contributed by atoms with Gasteiger partial charge in [-0.15, -0.1) is 0 Å². The maximum Gasteiger partial charge on any atom is 0.253 e. The predicted molar refractivity (Wildman–Crippen MR) is 132 cm³/mol. The standard InChI is InChI=1S/C24H22Br2N2O5/c1-31-19-12-16(13-20(32-2)21(19)33-3)22(27-23(29)14-4-8-17(25)9-5-14)28-24(30)15-6-10-18(26)11-7-15/h4-13,22H,1-3H3,(H,27,29)(H,28,30). The lowest BCUT2D eigenvalue weighted by molar-refractivity contribution is 0.0883. The van der Waals surface area contributed by atoms with Crippen molar-refractivity contribution in [3.8, 4) is 17.2 Å². The molecule has 0 aliphatic rings. The Balaban J connectivity index is 1.98. The summed E-state index contributed by atoms with van der Waals surface area (Å²) in [6, 6.07) is 17.2. The minimum Gasteiger partial charge on any atom is -0.493 e. The van der Waals surface area contributed by atoms with Crippen molar-refractivity contribution in [3.63, 3.8) is 0 Å². The Labute approximate surface area is 208 Å². The van der Waals surface area contributed by atoms with E-state index >= 15 is 0 Å². The first-order valence-electron chi connectivity index (χ1n) is 9.79. The van der Waals surface area contributed by atoms with Gasteiger partial charge < -0.3 is 24.8 Å². The van der Waals surface area contributed by atoms with Crippen molar-refractivity contribution in [3.05, 3.63) is 86.3 Å². The van der Waals surface area contributed by atoms with E-state index in [4.69, 9.17) is 14.2 Å². The summed E-state index contributed by atoms with van der Waals surface area (Å²) in [7, 11) is 4.50. The van der Waals surface area contributed by atoms with Crippen LogP contribution in [0.15, 0.2) is 69.6 Å². The van der Waals surface area contributed by atoms with Crippen LogP contribution in [0, 0.1) is 0 Å². The predicted octanol–water partition coefficient (Wildman–Crippen LogP) is 5.10. The molecular weight excluding hydrogens is 556 g/mol. The summed E-state index contributed by atoms with van der Waals surface area (Å²) in [6.45, 7) is 0. The maximum absolute atomic E-state index is 13.0. The molecule has 3 rings (SSSR count). The van der Waals surface area contributed by atoms with Gasteiger partial charge in [-0.25, -0.2) is 0 Å². The molecule has 0 aromatic heterocycles. The highest BCUT2D eigenvalue weighted by Crippen LogP contribution is 2.39. The molecule has 7 nitrogen and oxygen atoms in total. The van der Waals surface area contributed by atoms with Crippen LogP contribution in [0.5, 0.6) is 17.2 Å². The van der Waals surface area contributed by atoms with Gasteiger partial charge >= 0.3 is 0 Å². The van der Waals surface area contributed by atoms with Crippen molar-refractivity contribution in [1.29, 1.82) is 0 Å². The van der Waals surface area contributed by atoms with Crippen LogP contribution >= 0.6 is 31.9 Å². The van der Waals surface area contributed by atoms with Crippen LogP contribution in [-0.4, -0.2) is 33.1 Å². The van der Waals surface area contributed by atoms with Gasteiger partial charge in [0.15, 0.2) is 11.5 Å². The Kier molecular flexibility index (Phi) is 8.35. The van der Waals surface area contributed by atoms with Crippen molar-refractivity contribution in [2.75, 3.05) is 21.3 Å². The molecule has 2 N–H and O–H groups in total. The summed E-state index contributed by atoms with van der Waals surface area (Å²) in [5, 5.41) is 5.75. The van der Waals surface area contributed by atoms with Gasteiger partial charge in [0.2, 0.25) is 5.75 Å². The average Bonchev–Trinajstić information content (AvgIpc) is 2.83. The van der Waals surface area contributed by atoms with E-state index in [1.807, 2.05) is 0 Å². The first-order chi connectivity index (χ1) is 15.9. The number of methoxy groups -OCH3 is 3. The van der Waals surface area contributed by atoms with Gasteiger partial charge in [0.1, 0.15) is 6.17 Å². The molecule has 0 bridgehead atoms. The monoisotopic (exact) mass is 576 g/mol. The van der Waals surface area contributed by atoms with Gasteiger partial charge in [-0.3, -0.25) is 9.59 Å². The van der Waals surface area contributed by atoms with Crippen molar-refractivity contribution in [1.82, 2.24) is 10.6 Å². The Morgan fingerprint density at radius 1 is 0.697 bits per heavy atom. The van der Waals surface area contributed by atoms with E-state index in [0.29, 0.717) is 33.9 Å². The fourth-order valence-electron chi connectivity index (χ4n) is 3.10. The number of hydrogen-bond acceptors (Lipinski definition) is 5. The molecule has 3 aromatic rings. The highest BCUT2D eigenvalue weighted by molar-refractivity contribution is 9.10. The summed E-state index contributed by atoms with van der Waals surface area (Å²) in [6.07, 6.45) is -0.883. The van der Waals surface area contributed by atoms with Crippen LogP contribution in [0.25, 0.3) is 0 Å². The van der Waals surface area contributed by atoms with E-state index < -0.39 is 6.17 Å². The molecule has 0 aliphatic heterocycles. The van der Waals surface area contributed by atoms with Gasteiger partial charge in [-0.1, -0.05) is 31.9 Å². The van der Waals surface area contributed by atoms with E-state index in [9.17, 15) is 9.59 Å². The van der Waals surface area contributed by atoms with E-state index in [0.717, 1.165) is 8.95 Å². The Bertz CT molecular complexity index is 1050. The summed E-state index contributed by atoms with van der Waals surface area (Å²) < 4.78 is 18.0. The largest absolute Gasteiger partial charge is 0.493 e. The molecule has 2 amide bonds. The third-order valence-electron chi connectivity index (χ3n) is 4.78. The van der Waals surface area contributed by atoms with E-state index in [1.54, 1.807) is 60.7 Å². The zero-order valence-electron chi connectivity index (χ0n) is 18.1.